The number of amides is 3. The second kappa shape index (κ2) is 9.25. The molecule has 3 aromatic rings. The molecule has 10 nitrogen and oxygen atoms in total. The van der Waals surface area contributed by atoms with E-state index in [1.54, 1.807) is 35.4 Å². The fraction of sp³-hybridized carbons (Fsp3) is 0.179. The molecule has 39 heavy (non-hydrogen) atoms. The number of hydrogen-bond acceptors (Lipinski definition) is 7. The van der Waals surface area contributed by atoms with Crippen LogP contribution in [-0.2, 0) is 14.4 Å². The molecule has 0 unspecified atom stereocenters. The van der Waals surface area contributed by atoms with Gasteiger partial charge in [0.1, 0.15) is 16.8 Å². The van der Waals surface area contributed by atoms with Crippen molar-refractivity contribution >= 4 is 52.5 Å². The van der Waals surface area contributed by atoms with Crippen molar-refractivity contribution in [1.29, 1.82) is 0 Å². The Kier molecular flexibility index (Phi) is 5.84. The van der Waals surface area contributed by atoms with Crippen molar-refractivity contribution < 1.29 is 24.0 Å². The minimum Gasteiger partial charge on any atom is -0.497 e. The van der Waals surface area contributed by atoms with Gasteiger partial charge in [0.15, 0.2) is 0 Å². The molecule has 0 aliphatic carbocycles. The van der Waals surface area contributed by atoms with Gasteiger partial charge in [-0.05, 0) is 53.6 Å². The molecule has 1 N–H and O–H groups in total. The number of nitro benzene ring substituents is 1. The Morgan fingerprint density at radius 1 is 1.03 bits per heavy atom. The Balaban J connectivity index is 1.41. The predicted octanol–water partition coefficient (Wildman–Crippen LogP) is 4.41. The second-order valence-electron chi connectivity index (χ2n) is 9.46. The number of nitro groups is 1. The zero-order chi connectivity index (χ0) is 27.4. The number of fused-ring (bicyclic) bond motifs is 5. The number of anilines is 2. The van der Waals surface area contributed by atoms with E-state index in [2.05, 4.69) is 5.32 Å². The topological polar surface area (TPSA) is 122 Å². The third-order valence-electron chi connectivity index (χ3n) is 7.47. The summed E-state index contributed by atoms with van der Waals surface area (Å²) in [7, 11) is 1.52. The zero-order valence-electron chi connectivity index (χ0n) is 20.5. The molecule has 11 heteroatoms. The van der Waals surface area contributed by atoms with Crippen molar-refractivity contribution in [2.45, 2.75) is 12.1 Å². The summed E-state index contributed by atoms with van der Waals surface area (Å²) in [5.74, 6) is -2.68. The summed E-state index contributed by atoms with van der Waals surface area (Å²) in [5, 5.41) is 14.0. The fourth-order valence-corrected chi connectivity index (χ4v) is 5.98. The van der Waals surface area contributed by atoms with Crippen LogP contribution in [0.1, 0.15) is 17.2 Å². The summed E-state index contributed by atoms with van der Waals surface area (Å²) in [6.07, 6.45) is 3.58. The van der Waals surface area contributed by atoms with Crippen LogP contribution in [-0.4, -0.2) is 40.7 Å². The molecule has 3 aliphatic heterocycles. The first-order chi connectivity index (χ1) is 18.8. The van der Waals surface area contributed by atoms with Gasteiger partial charge in [0.2, 0.25) is 17.7 Å². The van der Waals surface area contributed by atoms with E-state index in [-0.39, 0.29) is 16.4 Å². The van der Waals surface area contributed by atoms with Crippen LogP contribution in [0.4, 0.5) is 17.1 Å². The first kappa shape index (κ1) is 24.6. The number of carbonyl (C=O) groups excluding carboxylic acids is 3. The molecule has 3 amide bonds. The molecule has 4 atom stereocenters. The minimum absolute atomic E-state index is 0.0683. The number of hydrogen-bond donors (Lipinski definition) is 1. The minimum atomic E-state index is -1.04. The Morgan fingerprint density at radius 2 is 1.74 bits per heavy atom. The molecule has 6 rings (SSSR count). The average Bonchev–Trinajstić information content (AvgIpc) is 3.42. The van der Waals surface area contributed by atoms with E-state index in [9.17, 15) is 24.5 Å². The van der Waals surface area contributed by atoms with E-state index in [1.165, 1.54) is 19.2 Å². The van der Waals surface area contributed by atoms with E-state index in [0.717, 1.165) is 22.1 Å². The third-order valence-corrected chi connectivity index (χ3v) is 7.79. The van der Waals surface area contributed by atoms with Crippen molar-refractivity contribution in [2.75, 3.05) is 17.3 Å². The second-order valence-corrected chi connectivity index (χ2v) is 9.86. The maximum absolute atomic E-state index is 13.9. The molecule has 2 saturated heterocycles. The fourth-order valence-electron chi connectivity index (χ4n) is 5.79. The number of nitrogens with one attached hydrogen (secondary N) is 1. The predicted molar refractivity (Wildman–Crippen MR) is 143 cm³/mol. The number of benzene rings is 3. The van der Waals surface area contributed by atoms with Gasteiger partial charge in [-0.2, -0.15) is 0 Å². The Hall–Kier alpha value is -4.70. The van der Waals surface area contributed by atoms with Crippen LogP contribution in [0.25, 0.3) is 6.08 Å². The highest BCUT2D eigenvalue weighted by atomic mass is 35.5. The number of imide groups is 1. The van der Waals surface area contributed by atoms with Gasteiger partial charge < -0.3 is 15.0 Å². The van der Waals surface area contributed by atoms with Crippen LogP contribution in [0.3, 0.4) is 0 Å². The number of halogens is 1. The molecule has 0 aromatic heterocycles. The Labute approximate surface area is 227 Å². The molecule has 0 saturated carbocycles. The van der Waals surface area contributed by atoms with Gasteiger partial charge >= 0.3 is 0 Å². The first-order valence-corrected chi connectivity index (χ1v) is 12.5. The van der Waals surface area contributed by atoms with E-state index >= 15 is 0 Å². The van der Waals surface area contributed by atoms with Crippen LogP contribution in [0.5, 0.6) is 5.75 Å². The van der Waals surface area contributed by atoms with Crippen LogP contribution in [0.2, 0.25) is 5.02 Å². The van der Waals surface area contributed by atoms with Crippen molar-refractivity contribution in [2.24, 2.45) is 11.8 Å². The maximum Gasteiger partial charge on any atom is 0.289 e. The van der Waals surface area contributed by atoms with Gasteiger partial charge in [0.05, 0.1) is 35.6 Å². The van der Waals surface area contributed by atoms with Gasteiger partial charge in [-0.1, -0.05) is 35.9 Å². The summed E-state index contributed by atoms with van der Waals surface area (Å²) in [5.41, 5.74) is 1.92. The highest BCUT2D eigenvalue weighted by molar-refractivity contribution is 6.32. The smallest absolute Gasteiger partial charge is 0.289 e. The SMILES string of the molecule is COc1ccc(N2C(=O)[C@@H]3[C@@H](C2=O)[C@H]2c4ccccc4C=CN2[C@@H]3C(=O)Nc2ccc(Cl)c([N+](=O)[O-])c2)cc1. The van der Waals surface area contributed by atoms with Crippen molar-refractivity contribution in [3.8, 4) is 5.75 Å². The van der Waals surface area contributed by atoms with Crippen LogP contribution < -0.4 is 15.0 Å². The number of nitrogens with zero attached hydrogens (tertiary/aromatic N) is 3. The van der Waals surface area contributed by atoms with Gasteiger partial charge in [-0.3, -0.25) is 24.5 Å². The quantitative estimate of drug-likeness (QED) is 0.287. The summed E-state index contributed by atoms with van der Waals surface area (Å²) in [6, 6.07) is 16.5. The molecular formula is C28H21ClN4O6. The highest BCUT2D eigenvalue weighted by Crippen LogP contribution is 2.53. The Bertz CT molecular complexity index is 1570. The lowest BCUT2D eigenvalue weighted by Crippen LogP contribution is -2.46. The van der Waals surface area contributed by atoms with E-state index in [1.807, 2.05) is 30.3 Å². The molecule has 3 heterocycles. The highest BCUT2D eigenvalue weighted by Gasteiger charge is 2.64. The van der Waals surface area contributed by atoms with Crippen LogP contribution in [0, 0.1) is 22.0 Å². The van der Waals surface area contributed by atoms with Gasteiger partial charge in [0, 0.05) is 18.0 Å². The summed E-state index contributed by atoms with van der Waals surface area (Å²) < 4.78 is 5.20. The molecule has 0 bridgehead atoms. The number of carbonyl (C=O) groups is 3. The number of ether oxygens (including phenoxy) is 1. The third kappa shape index (κ3) is 3.83. The zero-order valence-corrected chi connectivity index (χ0v) is 21.2. The molecule has 0 radical (unpaired) electrons. The van der Waals surface area contributed by atoms with E-state index in [0.29, 0.717) is 11.4 Å². The Morgan fingerprint density at radius 3 is 2.46 bits per heavy atom. The summed E-state index contributed by atoms with van der Waals surface area (Å²) >= 11 is 5.93. The van der Waals surface area contributed by atoms with Gasteiger partial charge in [0.25, 0.3) is 5.69 Å². The maximum atomic E-state index is 13.9. The summed E-state index contributed by atoms with van der Waals surface area (Å²) in [6.45, 7) is 0. The summed E-state index contributed by atoms with van der Waals surface area (Å²) in [4.78, 5) is 55.2. The van der Waals surface area contributed by atoms with Gasteiger partial charge in [-0.25, -0.2) is 4.90 Å². The lowest BCUT2D eigenvalue weighted by Gasteiger charge is -2.35. The molecular weight excluding hydrogens is 524 g/mol. The first-order valence-electron chi connectivity index (χ1n) is 12.1. The molecule has 3 aromatic carbocycles. The van der Waals surface area contributed by atoms with Gasteiger partial charge in [-0.15, -0.1) is 0 Å². The van der Waals surface area contributed by atoms with Crippen LogP contribution in [0.15, 0.2) is 72.9 Å². The lowest BCUT2D eigenvalue weighted by molar-refractivity contribution is -0.384. The van der Waals surface area contributed by atoms with Crippen molar-refractivity contribution in [3.05, 3.63) is 99.2 Å². The van der Waals surface area contributed by atoms with E-state index < -0.39 is 46.6 Å². The standard InChI is InChI=1S/C28H21ClN4O6/c1-39-18-9-7-17(8-10-18)32-27(35)22-23(28(32)36)25(31-13-12-15-4-2-3-5-19(15)24(22)31)26(34)30-16-6-11-20(29)21(14-16)33(37)38/h2-14,22-25H,1H3,(H,30,34)/t22-,23-,24-,25+/m1/s1. The number of rotatable bonds is 5. The van der Waals surface area contributed by atoms with E-state index in [4.69, 9.17) is 16.3 Å². The normalized spacial score (nSPS) is 22.8. The molecule has 196 valence electrons. The van der Waals surface area contributed by atoms with Crippen molar-refractivity contribution in [1.82, 2.24) is 4.90 Å². The van der Waals surface area contributed by atoms with Crippen LogP contribution >= 0.6 is 11.6 Å². The molecule has 2 fully saturated rings. The monoisotopic (exact) mass is 544 g/mol. The lowest BCUT2D eigenvalue weighted by atomic mass is 9.84. The molecule has 0 spiro atoms. The largest absolute Gasteiger partial charge is 0.497 e. The average molecular weight is 545 g/mol. The molecule has 3 aliphatic rings. The van der Waals surface area contributed by atoms with Crippen molar-refractivity contribution in [3.63, 3.8) is 0 Å². The number of methoxy groups -OCH3 is 1.